The Morgan fingerprint density at radius 3 is 2.70 bits per heavy atom. The van der Waals surface area contributed by atoms with Crippen LogP contribution in [0, 0.1) is 0 Å². The Bertz CT molecular complexity index is 532. The molecule has 5 nitrogen and oxygen atoms in total. The zero-order valence-corrected chi connectivity index (χ0v) is 12.0. The maximum absolute atomic E-state index is 12.7. The number of nitrogens with zero attached hydrogens (tertiary/aromatic N) is 1. The largest absolute Gasteiger partial charge is 0.392 e. The Hall–Kier alpha value is -1.95. The molecule has 0 aromatic heterocycles. The topological polar surface area (TPSA) is 75.4 Å². The van der Waals surface area contributed by atoms with Gasteiger partial charge in [0.2, 0.25) is 11.8 Å². The number of benzene rings is 1. The summed E-state index contributed by atoms with van der Waals surface area (Å²) in [7, 11) is 0. The van der Waals surface area contributed by atoms with Crippen molar-refractivity contribution in [3.63, 3.8) is 0 Å². The average molecular weight is 291 g/mol. The molecule has 1 aliphatic heterocycles. The molecule has 1 aliphatic rings. The lowest BCUT2D eigenvalue weighted by atomic mass is 9.96. The number of hydrogen-bond acceptors (Lipinski definition) is 3. The number of nitrogens with one attached hydrogen (secondary N) is 1. The summed E-state index contributed by atoms with van der Waals surface area (Å²) in [5.74, 6) is -1.05. The fourth-order valence-electron chi connectivity index (χ4n) is 2.32. The number of piperazine rings is 1. The molecule has 0 aliphatic carbocycles. The molecule has 1 saturated heterocycles. The van der Waals surface area contributed by atoms with Crippen molar-refractivity contribution in [1.29, 1.82) is 0 Å². The van der Waals surface area contributed by atoms with Crippen molar-refractivity contribution in [1.82, 2.24) is 10.2 Å². The molecule has 106 valence electrons. The van der Waals surface area contributed by atoms with Gasteiger partial charge in [0.25, 0.3) is 0 Å². The first kappa shape index (κ1) is 14.5. The van der Waals surface area contributed by atoms with Crippen LogP contribution in [0.15, 0.2) is 30.3 Å². The smallest absolute Gasteiger partial charge is 0.242 e. The Balaban J connectivity index is 2.28. The minimum atomic E-state index is -0.681. The fraction of sp³-hybridized carbons (Fsp3) is 0.357. The molecular weight excluding hydrogens is 274 g/mol. The maximum atomic E-state index is 12.7. The molecule has 0 bridgehead atoms. The number of nitrogens with two attached hydrogens (primary N) is 1. The molecular formula is C14H17N3O2S. The molecule has 1 aromatic carbocycles. The second kappa shape index (κ2) is 6.00. The van der Waals surface area contributed by atoms with Gasteiger partial charge in [0.15, 0.2) is 0 Å². The third kappa shape index (κ3) is 2.80. The van der Waals surface area contributed by atoms with Crippen molar-refractivity contribution in [3.05, 3.63) is 35.9 Å². The van der Waals surface area contributed by atoms with Crippen LogP contribution in [0.1, 0.15) is 18.4 Å². The lowest BCUT2D eigenvalue weighted by molar-refractivity contribution is -0.142. The Kier molecular flexibility index (Phi) is 4.34. The molecule has 2 unspecified atom stereocenters. The van der Waals surface area contributed by atoms with Crippen LogP contribution >= 0.6 is 12.2 Å². The molecule has 1 heterocycles. The van der Waals surface area contributed by atoms with Gasteiger partial charge in [-0.15, -0.1) is 0 Å². The summed E-state index contributed by atoms with van der Waals surface area (Å²) in [6.45, 7) is 2.62. The van der Waals surface area contributed by atoms with Crippen molar-refractivity contribution in [2.24, 2.45) is 5.73 Å². The van der Waals surface area contributed by atoms with Crippen molar-refractivity contribution < 1.29 is 9.59 Å². The van der Waals surface area contributed by atoms with Crippen LogP contribution in [0.4, 0.5) is 0 Å². The molecule has 1 aromatic rings. The number of hydrogen-bond donors (Lipinski definition) is 2. The highest BCUT2D eigenvalue weighted by Crippen LogP contribution is 2.21. The van der Waals surface area contributed by atoms with Crippen LogP contribution in [0.2, 0.25) is 0 Å². The van der Waals surface area contributed by atoms with Crippen LogP contribution in [-0.2, 0) is 9.59 Å². The first-order chi connectivity index (χ1) is 9.52. The van der Waals surface area contributed by atoms with Gasteiger partial charge in [-0.25, -0.2) is 0 Å². The lowest BCUT2D eigenvalue weighted by Crippen LogP contribution is -2.57. The fourth-order valence-corrected chi connectivity index (χ4v) is 2.56. The van der Waals surface area contributed by atoms with Crippen LogP contribution in [0.3, 0.4) is 0 Å². The average Bonchev–Trinajstić information content (AvgIpc) is 2.42. The van der Waals surface area contributed by atoms with E-state index in [1.807, 2.05) is 30.3 Å². The van der Waals surface area contributed by atoms with Gasteiger partial charge in [-0.1, -0.05) is 42.5 Å². The van der Waals surface area contributed by atoms with E-state index >= 15 is 0 Å². The summed E-state index contributed by atoms with van der Waals surface area (Å²) in [6, 6.07) is 8.66. The van der Waals surface area contributed by atoms with E-state index in [4.69, 9.17) is 18.0 Å². The van der Waals surface area contributed by atoms with E-state index in [0.717, 1.165) is 5.56 Å². The molecule has 2 atom stereocenters. The second-order valence-electron chi connectivity index (χ2n) is 4.74. The Morgan fingerprint density at radius 2 is 2.10 bits per heavy atom. The monoisotopic (exact) mass is 291 g/mol. The van der Waals surface area contributed by atoms with E-state index in [0.29, 0.717) is 13.1 Å². The van der Waals surface area contributed by atoms with Gasteiger partial charge in [0, 0.05) is 13.1 Å². The molecule has 2 rings (SSSR count). The molecule has 3 N–H and O–H groups in total. The first-order valence-corrected chi connectivity index (χ1v) is 6.85. The summed E-state index contributed by atoms with van der Waals surface area (Å²) in [4.78, 5) is 26.0. The van der Waals surface area contributed by atoms with Gasteiger partial charge < -0.3 is 16.0 Å². The standard InChI is InChI=1S/C14H17N3O2S/c1-9-13(18)16-7-8-17(9)14(19)11(12(15)20)10-5-3-2-4-6-10/h2-6,9,11H,7-8H2,1H3,(H2,15,20)(H,16,18). The summed E-state index contributed by atoms with van der Waals surface area (Å²) in [5.41, 5.74) is 6.49. The van der Waals surface area contributed by atoms with E-state index in [1.54, 1.807) is 6.92 Å². The first-order valence-electron chi connectivity index (χ1n) is 6.45. The van der Waals surface area contributed by atoms with E-state index in [9.17, 15) is 9.59 Å². The van der Waals surface area contributed by atoms with E-state index in [-0.39, 0.29) is 16.8 Å². The predicted molar refractivity (Wildman–Crippen MR) is 80.2 cm³/mol. The normalized spacial score (nSPS) is 20.1. The second-order valence-corrected chi connectivity index (χ2v) is 5.22. The highest BCUT2D eigenvalue weighted by molar-refractivity contribution is 7.80. The molecule has 0 spiro atoms. The number of thiocarbonyl (C=S) groups is 1. The van der Waals surface area contributed by atoms with Gasteiger partial charge in [-0.05, 0) is 12.5 Å². The van der Waals surface area contributed by atoms with E-state index < -0.39 is 12.0 Å². The van der Waals surface area contributed by atoms with Gasteiger partial charge in [-0.2, -0.15) is 0 Å². The van der Waals surface area contributed by atoms with Crippen molar-refractivity contribution >= 4 is 29.0 Å². The zero-order chi connectivity index (χ0) is 14.7. The van der Waals surface area contributed by atoms with Crippen LogP contribution in [0.25, 0.3) is 0 Å². The molecule has 1 fully saturated rings. The molecule has 0 radical (unpaired) electrons. The number of amides is 2. The highest BCUT2D eigenvalue weighted by Gasteiger charge is 2.35. The van der Waals surface area contributed by atoms with Crippen LogP contribution in [0.5, 0.6) is 0 Å². The van der Waals surface area contributed by atoms with Gasteiger partial charge in [0.1, 0.15) is 12.0 Å². The van der Waals surface area contributed by atoms with E-state index in [2.05, 4.69) is 5.32 Å². The Morgan fingerprint density at radius 1 is 1.45 bits per heavy atom. The van der Waals surface area contributed by atoms with Crippen molar-refractivity contribution in [3.8, 4) is 0 Å². The van der Waals surface area contributed by atoms with Gasteiger partial charge >= 0.3 is 0 Å². The Labute approximate surface area is 123 Å². The van der Waals surface area contributed by atoms with Crippen LogP contribution in [-0.4, -0.2) is 40.8 Å². The zero-order valence-electron chi connectivity index (χ0n) is 11.2. The lowest BCUT2D eigenvalue weighted by Gasteiger charge is -2.35. The molecule has 20 heavy (non-hydrogen) atoms. The molecule has 2 amide bonds. The minimum absolute atomic E-state index is 0.124. The summed E-state index contributed by atoms with van der Waals surface area (Å²) in [5, 5.41) is 2.73. The number of rotatable bonds is 3. The third-order valence-electron chi connectivity index (χ3n) is 3.45. The SMILES string of the molecule is CC1C(=O)NCCN1C(=O)C(C(N)=S)c1ccccc1. The van der Waals surface area contributed by atoms with Crippen molar-refractivity contribution in [2.75, 3.05) is 13.1 Å². The maximum Gasteiger partial charge on any atom is 0.242 e. The molecule has 6 heteroatoms. The predicted octanol–water partition coefficient (Wildman–Crippen LogP) is 0.403. The van der Waals surface area contributed by atoms with Crippen molar-refractivity contribution in [2.45, 2.75) is 18.9 Å². The number of carbonyl (C=O) groups excluding carboxylic acids is 2. The van der Waals surface area contributed by atoms with E-state index in [1.165, 1.54) is 4.90 Å². The summed E-state index contributed by atoms with van der Waals surface area (Å²) in [6.07, 6.45) is 0. The van der Waals surface area contributed by atoms with Crippen LogP contribution < -0.4 is 11.1 Å². The van der Waals surface area contributed by atoms with Gasteiger partial charge in [-0.3, -0.25) is 9.59 Å². The number of carbonyl (C=O) groups is 2. The third-order valence-corrected chi connectivity index (χ3v) is 3.68. The van der Waals surface area contributed by atoms with Gasteiger partial charge in [0.05, 0.1) is 4.99 Å². The summed E-state index contributed by atoms with van der Waals surface area (Å²) >= 11 is 5.04. The quantitative estimate of drug-likeness (QED) is 0.791. The summed E-state index contributed by atoms with van der Waals surface area (Å²) < 4.78 is 0. The highest BCUT2D eigenvalue weighted by atomic mass is 32.1. The minimum Gasteiger partial charge on any atom is -0.392 e. The molecule has 0 saturated carbocycles.